The number of nitrogens with one attached hydrogen (secondary N) is 1. The molecule has 3 rings (SSSR count). The molecule has 0 aromatic heterocycles. The molecule has 3 aromatic carbocycles. The summed E-state index contributed by atoms with van der Waals surface area (Å²) in [6.07, 6.45) is 0.321. The highest BCUT2D eigenvalue weighted by atomic mass is 35.5. The van der Waals surface area contributed by atoms with Crippen molar-refractivity contribution in [2.45, 2.75) is 57.6 Å². The molecule has 0 bridgehead atoms. The molecule has 214 valence electrons. The summed E-state index contributed by atoms with van der Waals surface area (Å²) in [5, 5.41) is 3.32. The molecule has 0 fully saturated rings. The van der Waals surface area contributed by atoms with Gasteiger partial charge in [-0.1, -0.05) is 54.4 Å². The Labute approximate surface area is 241 Å². The number of hydrogen-bond acceptors (Lipinski definition) is 5. The first-order valence-corrected chi connectivity index (χ1v) is 14.9. The van der Waals surface area contributed by atoms with E-state index >= 15 is 0 Å². The van der Waals surface area contributed by atoms with Crippen LogP contribution in [0.1, 0.15) is 38.3 Å². The lowest BCUT2D eigenvalue weighted by atomic mass is 10.1. The van der Waals surface area contributed by atoms with Crippen LogP contribution in [0.2, 0.25) is 5.02 Å². The standard InChI is InChI=1S/C30H36ClN3O5S/c1-6-28(30(36)32-21(2)3)33(19-23-9-7-8-10-27(23)31)29(35)20-34(24-13-15-25(39-5)16-14-24)40(37,38)26-17-11-22(4)12-18-26/h7-18,21,28H,6,19-20H2,1-5H3,(H,32,36)/t28-/m1/s1. The van der Waals surface area contributed by atoms with Crippen LogP contribution in [-0.2, 0) is 26.2 Å². The van der Waals surface area contributed by atoms with Crippen molar-refractivity contribution in [1.29, 1.82) is 0 Å². The van der Waals surface area contributed by atoms with Crippen LogP contribution in [0.3, 0.4) is 0 Å². The summed E-state index contributed by atoms with van der Waals surface area (Å²) in [7, 11) is -2.64. The number of halogens is 1. The first kappa shape index (κ1) is 31.0. The third kappa shape index (κ3) is 7.55. The van der Waals surface area contributed by atoms with E-state index in [9.17, 15) is 18.0 Å². The van der Waals surface area contributed by atoms with Crippen molar-refractivity contribution in [1.82, 2.24) is 10.2 Å². The minimum absolute atomic E-state index is 0.0313. The molecule has 0 aliphatic heterocycles. The van der Waals surface area contributed by atoms with Crippen LogP contribution in [0.5, 0.6) is 5.75 Å². The van der Waals surface area contributed by atoms with Gasteiger partial charge in [-0.15, -0.1) is 0 Å². The van der Waals surface area contributed by atoms with Gasteiger partial charge in [-0.2, -0.15) is 0 Å². The van der Waals surface area contributed by atoms with E-state index in [0.29, 0.717) is 22.8 Å². The molecule has 2 amide bonds. The van der Waals surface area contributed by atoms with Gasteiger partial charge >= 0.3 is 0 Å². The second-order valence-corrected chi connectivity index (χ2v) is 12.0. The van der Waals surface area contributed by atoms with E-state index in [1.165, 1.54) is 24.1 Å². The molecule has 3 aromatic rings. The van der Waals surface area contributed by atoms with Crippen molar-refractivity contribution in [2.24, 2.45) is 0 Å². The molecule has 1 atom stereocenters. The van der Waals surface area contributed by atoms with Crippen LogP contribution in [0.25, 0.3) is 0 Å². The van der Waals surface area contributed by atoms with Crippen LogP contribution in [0.15, 0.2) is 77.7 Å². The maximum atomic E-state index is 14.1. The molecule has 0 aliphatic rings. The number of rotatable bonds is 12. The number of carbonyl (C=O) groups is 2. The predicted molar refractivity (Wildman–Crippen MR) is 158 cm³/mol. The zero-order valence-electron chi connectivity index (χ0n) is 23.4. The van der Waals surface area contributed by atoms with Gasteiger partial charge in [0.1, 0.15) is 18.3 Å². The molecule has 0 unspecified atom stereocenters. The average Bonchev–Trinajstić information content (AvgIpc) is 2.92. The van der Waals surface area contributed by atoms with Crippen LogP contribution in [-0.4, -0.2) is 50.9 Å². The second-order valence-electron chi connectivity index (χ2n) is 9.72. The Morgan fingerprint density at radius 1 is 0.975 bits per heavy atom. The van der Waals surface area contributed by atoms with Crippen LogP contribution in [0, 0.1) is 6.92 Å². The molecule has 0 saturated heterocycles. The van der Waals surface area contributed by atoms with E-state index in [1.807, 2.05) is 27.7 Å². The van der Waals surface area contributed by atoms with E-state index in [0.717, 1.165) is 9.87 Å². The number of anilines is 1. The largest absolute Gasteiger partial charge is 0.497 e. The van der Waals surface area contributed by atoms with Crippen molar-refractivity contribution in [3.05, 3.63) is 88.9 Å². The Balaban J connectivity index is 2.08. The molecule has 8 nitrogen and oxygen atoms in total. The fraction of sp³-hybridized carbons (Fsp3) is 0.333. The highest BCUT2D eigenvalue weighted by molar-refractivity contribution is 7.92. The van der Waals surface area contributed by atoms with Crippen molar-refractivity contribution < 1.29 is 22.7 Å². The van der Waals surface area contributed by atoms with Gasteiger partial charge in [-0.3, -0.25) is 13.9 Å². The van der Waals surface area contributed by atoms with Gasteiger partial charge < -0.3 is 15.0 Å². The van der Waals surface area contributed by atoms with E-state index in [1.54, 1.807) is 60.7 Å². The number of sulfonamides is 1. The summed E-state index contributed by atoms with van der Waals surface area (Å²) in [5.41, 5.74) is 1.83. The molecular weight excluding hydrogens is 550 g/mol. The van der Waals surface area contributed by atoms with Crippen LogP contribution >= 0.6 is 11.6 Å². The van der Waals surface area contributed by atoms with Gasteiger partial charge in [0.2, 0.25) is 11.8 Å². The Bertz CT molecular complexity index is 1410. The first-order valence-electron chi connectivity index (χ1n) is 13.0. The highest BCUT2D eigenvalue weighted by Crippen LogP contribution is 2.27. The molecule has 0 saturated carbocycles. The molecular formula is C30H36ClN3O5S. The van der Waals surface area contributed by atoms with Crippen molar-refractivity contribution in [3.63, 3.8) is 0 Å². The SMILES string of the molecule is CC[C@H](C(=O)NC(C)C)N(Cc1ccccc1Cl)C(=O)CN(c1ccc(OC)cc1)S(=O)(=O)c1ccc(C)cc1. The zero-order chi connectivity index (χ0) is 29.4. The number of ether oxygens (including phenoxy) is 1. The minimum atomic E-state index is -4.15. The number of nitrogens with zero attached hydrogens (tertiary/aromatic N) is 2. The lowest BCUT2D eigenvalue weighted by Gasteiger charge is -2.33. The lowest BCUT2D eigenvalue weighted by molar-refractivity contribution is -0.140. The lowest BCUT2D eigenvalue weighted by Crippen LogP contribution is -2.53. The topological polar surface area (TPSA) is 96.0 Å². The summed E-state index contributed by atoms with van der Waals surface area (Å²) in [4.78, 5) is 28.7. The number of carbonyl (C=O) groups excluding carboxylic acids is 2. The Kier molecular flexibility index (Phi) is 10.6. The van der Waals surface area contributed by atoms with Gasteiger partial charge in [-0.25, -0.2) is 8.42 Å². The third-order valence-corrected chi connectivity index (χ3v) is 8.52. The first-order chi connectivity index (χ1) is 19.0. The van der Waals surface area contributed by atoms with Crippen molar-refractivity contribution in [2.75, 3.05) is 18.0 Å². The Morgan fingerprint density at radius 2 is 1.60 bits per heavy atom. The maximum Gasteiger partial charge on any atom is 0.264 e. The monoisotopic (exact) mass is 585 g/mol. The Hall–Kier alpha value is -3.56. The molecule has 0 heterocycles. The fourth-order valence-corrected chi connectivity index (χ4v) is 5.83. The van der Waals surface area contributed by atoms with Crippen molar-refractivity contribution >= 4 is 39.1 Å². The van der Waals surface area contributed by atoms with E-state index in [2.05, 4.69) is 5.32 Å². The number of methoxy groups -OCH3 is 1. The van der Waals surface area contributed by atoms with Crippen LogP contribution in [0.4, 0.5) is 5.69 Å². The van der Waals surface area contributed by atoms with Crippen LogP contribution < -0.4 is 14.4 Å². The van der Waals surface area contributed by atoms with Crippen molar-refractivity contribution in [3.8, 4) is 5.75 Å². The van der Waals surface area contributed by atoms with E-state index < -0.39 is 28.5 Å². The summed E-state index contributed by atoms with van der Waals surface area (Å²) in [6.45, 7) is 6.85. The number of hydrogen-bond donors (Lipinski definition) is 1. The van der Waals surface area contributed by atoms with Gasteiger partial charge in [0.15, 0.2) is 0 Å². The number of aryl methyl sites for hydroxylation is 1. The van der Waals surface area contributed by atoms with E-state index in [4.69, 9.17) is 16.3 Å². The molecule has 0 spiro atoms. The average molecular weight is 586 g/mol. The molecule has 0 radical (unpaired) electrons. The molecule has 0 aliphatic carbocycles. The second kappa shape index (κ2) is 13.7. The normalized spacial score (nSPS) is 12.1. The minimum Gasteiger partial charge on any atom is -0.497 e. The molecule has 40 heavy (non-hydrogen) atoms. The quantitative estimate of drug-likeness (QED) is 0.316. The summed E-state index contributed by atoms with van der Waals surface area (Å²) >= 11 is 6.42. The summed E-state index contributed by atoms with van der Waals surface area (Å²) < 4.78 is 34.1. The smallest absolute Gasteiger partial charge is 0.264 e. The fourth-order valence-electron chi connectivity index (χ4n) is 4.23. The van der Waals surface area contributed by atoms with Gasteiger partial charge in [0.05, 0.1) is 17.7 Å². The Morgan fingerprint density at radius 3 is 2.15 bits per heavy atom. The molecule has 10 heteroatoms. The van der Waals surface area contributed by atoms with Gasteiger partial charge in [-0.05, 0) is 75.2 Å². The molecule has 1 N–H and O–H groups in total. The highest BCUT2D eigenvalue weighted by Gasteiger charge is 2.34. The maximum absolute atomic E-state index is 14.1. The summed E-state index contributed by atoms with van der Waals surface area (Å²) in [6, 6.07) is 18.9. The zero-order valence-corrected chi connectivity index (χ0v) is 25.0. The van der Waals surface area contributed by atoms with E-state index in [-0.39, 0.29) is 29.1 Å². The summed E-state index contributed by atoms with van der Waals surface area (Å²) in [5.74, 6) is -0.327. The third-order valence-electron chi connectivity index (χ3n) is 6.36. The van der Waals surface area contributed by atoms with Gasteiger partial charge in [0.25, 0.3) is 10.0 Å². The predicted octanol–water partition coefficient (Wildman–Crippen LogP) is 5.18. The van der Waals surface area contributed by atoms with Gasteiger partial charge in [0, 0.05) is 17.6 Å². The number of benzene rings is 3. The number of amides is 2.